The number of rotatable bonds is 6. The molecule has 0 aliphatic heterocycles. The molecule has 0 bridgehead atoms. The molecule has 0 aliphatic rings. The Morgan fingerprint density at radius 2 is 2.36 bits per heavy atom. The van der Waals surface area contributed by atoms with E-state index in [-0.39, 0.29) is 0 Å². The smallest absolute Gasteiger partial charge is 0.129 e. The first-order valence-electron chi connectivity index (χ1n) is 5.14. The van der Waals surface area contributed by atoms with Crippen LogP contribution in [0.4, 0.5) is 0 Å². The van der Waals surface area contributed by atoms with E-state index < -0.39 is 0 Å². The van der Waals surface area contributed by atoms with Crippen LogP contribution in [0.1, 0.15) is 38.0 Å². The monoisotopic (exact) mass is 197 g/mol. The van der Waals surface area contributed by atoms with Crippen LogP contribution in [-0.2, 0) is 17.9 Å². The Bertz CT molecular complexity index is 258. The van der Waals surface area contributed by atoms with Crippen molar-refractivity contribution in [1.29, 1.82) is 0 Å². The van der Waals surface area contributed by atoms with Gasteiger partial charge in [0.25, 0.3) is 0 Å². The molecule has 0 amide bonds. The van der Waals surface area contributed by atoms with Crippen molar-refractivity contribution in [3.05, 3.63) is 23.7 Å². The summed E-state index contributed by atoms with van der Waals surface area (Å²) < 4.78 is 10.9. The zero-order chi connectivity index (χ0) is 10.4. The highest BCUT2D eigenvalue weighted by molar-refractivity contribution is 5.11. The maximum absolute atomic E-state index is 5.59. The first-order chi connectivity index (χ1) is 6.76. The van der Waals surface area contributed by atoms with E-state index in [0.717, 1.165) is 24.2 Å². The third-order valence-corrected chi connectivity index (χ3v) is 2.15. The van der Waals surface area contributed by atoms with E-state index in [1.165, 1.54) is 0 Å². The Balaban J connectivity index is 2.30. The topological polar surface area (TPSA) is 48.4 Å². The third kappa shape index (κ3) is 3.52. The van der Waals surface area contributed by atoms with Gasteiger partial charge < -0.3 is 14.9 Å². The molecule has 0 saturated heterocycles. The van der Waals surface area contributed by atoms with Crippen LogP contribution in [0, 0.1) is 0 Å². The minimum Gasteiger partial charge on any atom is -0.467 e. The number of hydrogen-bond acceptors (Lipinski definition) is 3. The van der Waals surface area contributed by atoms with Gasteiger partial charge in [0.1, 0.15) is 12.4 Å². The summed E-state index contributed by atoms with van der Waals surface area (Å²) in [6.45, 7) is 5.30. The maximum atomic E-state index is 5.59. The molecule has 3 heteroatoms. The van der Waals surface area contributed by atoms with Gasteiger partial charge in [-0.25, -0.2) is 0 Å². The highest BCUT2D eigenvalue weighted by atomic mass is 16.5. The lowest BCUT2D eigenvalue weighted by molar-refractivity contribution is 0.0372. The molecule has 1 rings (SSSR count). The van der Waals surface area contributed by atoms with E-state index >= 15 is 0 Å². The van der Waals surface area contributed by atoms with Gasteiger partial charge in [-0.05, 0) is 19.4 Å². The second-order valence-electron chi connectivity index (χ2n) is 3.54. The molecule has 1 atom stereocenters. The van der Waals surface area contributed by atoms with Crippen molar-refractivity contribution in [2.24, 2.45) is 5.73 Å². The fourth-order valence-electron chi connectivity index (χ4n) is 1.32. The molecule has 2 N–H and O–H groups in total. The van der Waals surface area contributed by atoms with E-state index in [4.69, 9.17) is 14.9 Å². The second kappa shape index (κ2) is 5.83. The standard InChI is InChI=1S/C11H19NO2/c1-3-4-9(2)13-8-11-5-10(6-12)7-14-11/h5,7,9H,3-4,6,8,12H2,1-2H3. The predicted octanol–water partition coefficient (Wildman–Crippen LogP) is 2.44. The Kier molecular flexibility index (Phi) is 4.70. The maximum Gasteiger partial charge on any atom is 0.129 e. The SMILES string of the molecule is CCCC(C)OCc1cc(CN)co1. The summed E-state index contributed by atoms with van der Waals surface area (Å²) in [6, 6.07) is 1.94. The quantitative estimate of drug-likeness (QED) is 0.762. The van der Waals surface area contributed by atoms with Crippen molar-refractivity contribution >= 4 is 0 Å². The van der Waals surface area contributed by atoms with Gasteiger partial charge in [0, 0.05) is 12.1 Å². The van der Waals surface area contributed by atoms with Gasteiger partial charge in [-0.1, -0.05) is 13.3 Å². The van der Waals surface area contributed by atoms with Gasteiger partial charge in [0.05, 0.1) is 12.4 Å². The van der Waals surface area contributed by atoms with Crippen LogP contribution in [0.2, 0.25) is 0 Å². The van der Waals surface area contributed by atoms with Gasteiger partial charge in [0.2, 0.25) is 0 Å². The fourth-order valence-corrected chi connectivity index (χ4v) is 1.32. The predicted molar refractivity (Wildman–Crippen MR) is 55.8 cm³/mol. The van der Waals surface area contributed by atoms with Gasteiger partial charge >= 0.3 is 0 Å². The van der Waals surface area contributed by atoms with Gasteiger partial charge in [0.15, 0.2) is 0 Å². The molecule has 0 fully saturated rings. The molecule has 0 spiro atoms. The van der Waals surface area contributed by atoms with Crippen molar-refractivity contribution < 1.29 is 9.15 Å². The van der Waals surface area contributed by atoms with Crippen molar-refractivity contribution in [2.45, 2.75) is 45.9 Å². The molecule has 0 radical (unpaired) electrons. The van der Waals surface area contributed by atoms with E-state index in [0.29, 0.717) is 19.3 Å². The van der Waals surface area contributed by atoms with Crippen molar-refractivity contribution in [3.63, 3.8) is 0 Å². The average molecular weight is 197 g/mol. The van der Waals surface area contributed by atoms with Crippen LogP contribution < -0.4 is 5.73 Å². The van der Waals surface area contributed by atoms with Gasteiger partial charge in [-0.15, -0.1) is 0 Å². The fraction of sp³-hybridized carbons (Fsp3) is 0.636. The lowest BCUT2D eigenvalue weighted by Gasteiger charge is -2.09. The van der Waals surface area contributed by atoms with Crippen molar-refractivity contribution in [1.82, 2.24) is 0 Å². The third-order valence-electron chi connectivity index (χ3n) is 2.15. The van der Waals surface area contributed by atoms with E-state index in [1.807, 2.05) is 6.07 Å². The Labute approximate surface area is 85.2 Å². The summed E-state index contributed by atoms with van der Waals surface area (Å²) in [5, 5.41) is 0. The van der Waals surface area contributed by atoms with Crippen LogP contribution >= 0.6 is 0 Å². The molecule has 0 saturated carbocycles. The zero-order valence-electron chi connectivity index (χ0n) is 8.95. The molecular formula is C11H19NO2. The summed E-state index contributed by atoms with van der Waals surface area (Å²) in [5.74, 6) is 0.855. The molecule has 1 aromatic heterocycles. The minimum absolute atomic E-state index is 0.298. The molecular weight excluding hydrogens is 178 g/mol. The van der Waals surface area contributed by atoms with E-state index in [2.05, 4.69) is 13.8 Å². The van der Waals surface area contributed by atoms with Crippen molar-refractivity contribution in [2.75, 3.05) is 0 Å². The number of furan rings is 1. The number of nitrogens with two attached hydrogens (primary N) is 1. The Morgan fingerprint density at radius 1 is 1.57 bits per heavy atom. The first-order valence-corrected chi connectivity index (χ1v) is 5.14. The molecule has 3 nitrogen and oxygen atoms in total. The van der Waals surface area contributed by atoms with Crippen molar-refractivity contribution in [3.8, 4) is 0 Å². The summed E-state index contributed by atoms with van der Waals surface area (Å²) in [6.07, 6.45) is 4.22. The lowest BCUT2D eigenvalue weighted by Crippen LogP contribution is -2.06. The molecule has 14 heavy (non-hydrogen) atoms. The minimum atomic E-state index is 0.298. The normalized spacial score (nSPS) is 13.1. The average Bonchev–Trinajstić information content (AvgIpc) is 2.63. The molecule has 80 valence electrons. The largest absolute Gasteiger partial charge is 0.467 e. The van der Waals surface area contributed by atoms with Crippen LogP contribution in [0.25, 0.3) is 0 Å². The molecule has 1 unspecified atom stereocenters. The number of hydrogen-bond donors (Lipinski definition) is 1. The van der Waals surface area contributed by atoms with Crippen LogP contribution in [0.15, 0.2) is 16.7 Å². The number of ether oxygens (including phenoxy) is 1. The van der Waals surface area contributed by atoms with Crippen LogP contribution in [0.5, 0.6) is 0 Å². The van der Waals surface area contributed by atoms with Crippen LogP contribution in [0.3, 0.4) is 0 Å². The Morgan fingerprint density at radius 3 is 2.93 bits per heavy atom. The molecule has 0 aromatic carbocycles. The highest BCUT2D eigenvalue weighted by Gasteiger charge is 2.04. The molecule has 1 heterocycles. The van der Waals surface area contributed by atoms with Gasteiger partial charge in [-0.2, -0.15) is 0 Å². The van der Waals surface area contributed by atoms with E-state index in [1.54, 1.807) is 6.26 Å². The van der Waals surface area contributed by atoms with E-state index in [9.17, 15) is 0 Å². The lowest BCUT2D eigenvalue weighted by atomic mass is 10.2. The molecule has 1 aromatic rings. The molecule has 0 aliphatic carbocycles. The second-order valence-corrected chi connectivity index (χ2v) is 3.54. The zero-order valence-corrected chi connectivity index (χ0v) is 8.95. The summed E-state index contributed by atoms with van der Waals surface area (Å²) >= 11 is 0. The summed E-state index contributed by atoms with van der Waals surface area (Å²) in [7, 11) is 0. The summed E-state index contributed by atoms with van der Waals surface area (Å²) in [4.78, 5) is 0. The Hall–Kier alpha value is -0.800. The van der Waals surface area contributed by atoms with Crippen LogP contribution in [-0.4, -0.2) is 6.10 Å². The first kappa shape index (κ1) is 11.3. The highest BCUT2D eigenvalue weighted by Crippen LogP contribution is 2.10. The summed E-state index contributed by atoms with van der Waals surface area (Å²) in [5.41, 5.74) is 6.49. The van der Waals surface area contributed by atoms with Gasteiger partial charge in [-0.3, -0.25) is 0 Å².